The predicted octanol–water partition coefficient (Wildman–Crippen LogP) is 9.40. The van der Waals surface area contributed by atoms with E-state index in [-0.39, 0.29) is 24.3 Å². The van der Waals surface area contributed by atoms with Gasteiger partial charge in [-0.3, -0.25) is 25.1 Å². The standard InChI is InChI=1S/C13H16F3N3O4.C10H19N5S.C9H10Cl2N2O2/c1-3-5-17(6-4-2)12-10(18(20)21)7-9(13(14,15)16)8-11(12)19(22)23;1-6-11-7-12-8(15-10(2,3)4)14-9(13-7)16-5;1-13(15-2)9(14)12-6-3-4-7(10)8(11)5-6/h7-8H,3-6H2,1-2H3;6H2,1-5H3,(H2,11,12,13,14,15);3-5H,1-2H3,(H,12,14). The minimum atomic E-state index is -4.91. The highest BCUT2D eigenvalue weighted by atomic mass is 35.5. The van der Waals surface area contributed by atoms with Gasteiger partial charge in [0.1, 0.15) is 0 Å². The van der Waals surface area contributed by atoms with Crippen LogP contribution >= 0.6 is 35.0 Å². The molecular weight excluding hydrogens is 780 g/mol. The third-order valence-electron chi connectivity index (χ3n) is 6.44. The molecule has 2 aromatic carbocycles. The molecule has 300 valence electrons. The highest BCUT2D eigenvalue weighted by molar-refractivity contribution is 7.98. The fourth-order valence-corrected chi connectivity index (χ4v) is 4.83. The van der Waals surface area contributed by atoms with E-state index in [1.165, 1.54) is 30.8 Å². The molecule has 0 fully saturated rings. The van der Waals surface area contributed by atoms with Crippen LogP contribution in [0.4, 0.5) is 52.6 Å². The first kappa shape index (κ1) is 47.6. The van der Waals surface area contributed by atoms with Gasteiger partial charge in [0.25, 0.3) is 11.4 Å². The summed E-state index contributed by atoms with van der Waals surface area (Å²) >= 11 is 13.0. The topological polar surface area (TPSA) is 194 Å². The number of rotatable bonds is 13. The first-order valence-electron chi connectivity index (χ1n) is 16.3. The summed E-state index contributed by atoms with van der Waals surface area (Å²) in [5.41, 5.74) is -3.11. The Morgan fingerprint density at radius 3 is 1.87 bits per heavy atom. The molecule has 0 radical (unpaired) electrons. The third-order valence-corrected chi connectivity index (χ3v) is 7.73. The zero-order valence-electron chi connectivity index (χ0n) is 31.3. The van der Waals surface area contributed by atoms with E-state index < -0.39 is 39.0 Å². The summed E-state index contributed by atoms with van der Waals surface area (Å²) in [7, 11) is 2.89. The van der Waals surface area contributed by atoms with E-state index in [4.69, 9.17) is 28.0 Å². The number of urea groups is 1. The molecule has 0 saturated heterocycles. The zero-order valence-corrected chi connectivity index (χ0v) is 33.6. The van der Waals surface area contributed by atoms with E-state index >= 15 is 0 Å². The van der Waals surface area contributed by atoms with Gasteiger partial charge < -0.3 is 20.9 Å². The average Bonchev–Trinajstić information content (AvgIpc) is 3.08. The molecule has 0 bridgehead atoms. The van der Waals surface area contributed by atoms with Gasteiger partial charge in [0.05, 0.1) is 32.6 Å². The van der Waals surface area contributed by atoms with Crippen LogP contribution in [-0.2, 0) is 11.0 Å². The molecule has 0 spiro atoms. The van der Waals surface area contributed by atoms with Crippen LogP contribution in [0.1, 0.15) is 59.9 Å². The van der Waals surface area contributed by atoms with E-state index in [1.54, 1.807) is 32.0 Å². The van der Waals surface area contributed by atoms with E-state index in [0.29, 0.717) is 52.6 Å². The lowest BCUT2D eigenvalue weighted by Gasteiger charge is -2.23. The Balaban J connectivity index is 0.000000418. The number of nitro benzene ring substituents is 2. The highest BCUT2D eigenvalue weighted by Gasteiger charge is 2.39. The number of amides is 2. The van der Waals surface area contributed by atoms with Gasteiger partial charge in [0, 0.05) is 50.0 Å². The second-order valence-electron chi connectivity index (χ2n) is 12.0. The molecule has 22 heteroatoms. The molecule has 3 aromatic rings. The monoisotopic (exact) mass is 824 g/mol. The lowest BCUT2D eigenvalue weighted by Crippen LogP contribution is -2.30. The van der Waals surface area contributed by atoms with Crippen molar-refractivity contribution in [2.45, 2.75) is 71.3 Å². The number of aromatic nitrogens is 3. The fraction of sp³-hybridized carbons (Fsp3) is 0.500. The summed E-state index contributed by atoms with van der Waals surface area (Å²) in [6, 6.07) is 5.12. The Bertz CT molecular complexity index is 1680. The second kappa shape index (κ2) is 22.1. The SMILES string of the molecule is CCCN(CCC)c1c([N+](=O)[O-])cc(C(F)(F)F)cc1[N+](=O)[O-].CCNc1nc(NC(C)(C)C)nc(SC)n1.CON(C)C(=O)Nc1ccc(Cl)c(Cl)c1. The van der Waals surface area contributed by atoms with Crippen molar-refractivity contribution in [3.63, 3.8) is 0 Å². The molecule has 0 aliphatic heterocycles. The molecule has 0 aliphatic carbocycles. The zero-order chi connectivity index (χ0) is 41.4. The van der Waals surface area contributed by atoms with Crippen LogP contribution < -0.4 is 20.9 Å². The quantitative estimate of drug-likeness (QED) is 0.0839. The largest absolute Gasteiger partial charge is 0.416 e. The Hall–Kier alpha value is -4.40. The second-order valence-corrected chi connectivity index (χ2v) is 13.6. The number of nitro groups is 2. The Labute approximate surface area is 325 Å². The lowest BCUT2D eigenvalue weighted by atomic mass is 10.1. The first-order chi connectivity index (χ1) is 25.1. The smallest absolute Gasteiger partial charge is 0.360 e. The first-order valence-corrected chi connectivity index (χ1v) is 18.2. The average molecular weight is 826 g/mol. The van der Waals surface area contributed by atoms with Crippen LogP contribution in [0.3, 0.4) is 0 Å². The van der Waals surface area contributed by atoms with E-state index in [1.807, 2.05) is 13.2 Å². The van der Waals surface area contributed by atoms with Crippen molar-refractivity contribution < 1.29 is 32.6 Å². The Morgan fingerprint density at radius 2 is 1.46 bits per heavy atom. The van der Waals surface area contributed by atoms with Crippen molar-refractivity contribution in [3.05, 3.63) is 66.2 Å². The number of anilines is 4. The van der Waals surface area contributed by atoms with E-state index in [0.717, 1.165) is 16.8 Å². The number of thioether (sulfide) groups is 1. The van der Waals surface area contributed by atoms with Crippen LogP contribution in [-0.4, -0.2) is 81.5 Å². The van der Waals surface area contributed by atoms with Crippen molar-refractivity contribution in [2.24, 2.45) is 0 Å². The molecule has 1 heterocycles. The van der Waals surface area contributed by atoms with Gasteiger partial charge in [-0.1, -0.05) is 48.8 Å². The molecule has 54 heavy (non-hydrogen) atoms. The molecule has 3 N–H and O–H groups in total. The number of benzene rings is 2. The van der Waals surface area contributed by atoms with Gasteiger partial charge in [-0.15, -0.1) is 0 Å². The number of hydroxylamine groups is 2. The van der Waals surface area contributed by atoms with Gasteiger partial charge >= 0.3 is 12.2 Å². The van der Waals surface area contributed by atoms with Crippen LogP contribution in [0.5, 0.6) is 0 Å². The Morgan fingerprint density at radius 1 is 0.926 bits per heavy atom. The third kappa shape index (κ3) is 15.9. The summed E-state index contributed by atoms with van der Waals surface area (Å²) in [6.45, 7) is 13.1. The van der Waals surface area contributed by atoms with Crippen LogP contribution in [0, 0.1) is 20.2 Å². The number of carbonyl (C=O) groups is 1. The molecule has 0 saturated carbocycles. The lowest BCUT2D eigenvalue weighted by molar-refractivity contribution is -0.393. The van der Waals surface area contributed by atoms with E-state index in [9.17, 15) is 38.2 Å². The number of alkyl halides is 3. The number of nitrogens with one attached hydrogen (secondary N) is 3. The Kier molecular flexibility index (Phi) is 19.5. The van der Waals surface area contributed by atoms with Gasteiger partial charge in [-0.25, -0.2) is 9.86 Å². The number of carbonyl (C=O) groups excluding carboxylic acids is 1. The number of hydrogen-bond acceptors (Lipinski definition) is 13. The summed E-state index contributed by atoms with van der Waals surface area (Å²) in [6.07, 6.45) is -1.88. The molecular formula is C32H45Cl2F3N10O6S. The maximum absolute atomic E-state index is 12.8. The predicted molar refractivity (Wildman–Crippen MR) is 207 cm³/mol. The fourth-order valence-electron chi connectivity index (χ4n) is 4.18. The number of hydrogen-bond donors (Lipinski definition) is 3. The van der Waals surface area contributed by atoms with Crippen molar-refractivity contribution in [2.75, 3.05) is 60.9 Å². The normalized spacial score (nSPS) is 10.9. The molecule has 16 nitrogen and oxygen atoms in total. The minimum absolute atomic E-state index is 0.0550. The molecule has 0 aliphatic rings. The van der Waals surface area contributed by atoms with E-state index in [2.05, 4.69) is 51.7 Å². The minimum Gasteiger partial charge on any atom is -0.360 e. The van der Waals surface area contributed by atoms with Crippen LogP contribution in [0.25, 0.3) is 0 Å². The summed E-state index contributed by atoms with van der Waals surface area (Å²) in [5, 5.41) is 33.9. The number of nitrogens with zero attached hydrogens (tertiary/aromatic N) is 7. The molecule has 1 aromatic heterocycles. The highest BCUT2D eigenvalue weighted by Crippen LogP contribution is 2.43. The molecule has 0 unspecified atom stereocenters. The van der Waals surface area contributed by atoms with Crippen molar-refractivity contribution in [3.8, 4) is 0 Å². The number of halogens is 5. The maximum Gasteiger partial charge on any atom is 0.416 e. The molecule has 0 atom stereocenters. The maximum atomic E-state index is 12.8. The van der Waals surface area contributed by atoms with Crippen molar-refractivity contribution in [1.29, 1.82) is 0 Å². The van der Waals surface area contributed by atoms with Crippen LogP contribution in [0.15, 0.2) is 35.5 Å². The summed E-state index contributed by atoms with van der Waals surface area (Å²) in [5.74, 6) is 1.23. The summed E-state index contributed by atoms with van der Waals surface area (Å²) < 4.78 is 38.5. The molecule has 2 amide bonds. The van der Waals surface area contributed by atoms with Gasteiger partial charge in [0.2, 0.25) is 11.9 Å². The molecule has 3 rings (SSSR count). The van der Waals surface area contributed by atoms with Crippen molar-refractivity contribution in [1.82, 2.24) is 20.0 Å². The van der Waals surface area contributed by atoms with Gasteiger partial charge in [-0.2, -0.15) is 28.1 Å². The van der Waals surface area contributed by atoms with Gasteiger partial charge in [-0.05, 0) is 65.0 Å². The van der Waals surface area contributed by atoms with Crippen LogP contribution in [0.2, 0.25) is 10.0 Å². The van der Waals surface area contributed by atoms with Crippen molar-refractivity contribution >= 4 is 75.6 Å². The van der Waals surface area contributed by atoms with Gasteiger partial charge in [0.15, 0.2) is 10.8 Å². The summed E-state index contributed by atoms with van der Waals surface area (Å²) in [4.78, 5) is 50.6.